The Bertz CT molecular complexity index is 489. The number of hydrogen-bond donors (Lipinski definition) is 1. The van der Waals surface area contributed by atoms with Gasteiger partial charge < -0.3 is 5.73 Å². The predicted octanol–water partition coefficient (Wildman–Crippen LogP) is 1.94. The molecule has 0 aromatic carbocycles. The Kier molecular flexibility index (Phi) is 2.19. The van der Waals surface area contributed by atoms with E-state index in [-0.39, 0.29) is 0 Å². The van der Waals surface area contributed by atoms with Gasteiger partial charge in [-0.25, -0.2) is 4.98 Å². The molecule has 2 N–H and O–H groups in total. The third-order valence-electron chi connectivity index (χ3n) is 2.30. The van der Waals surface area contributed by atoms with Gasteiger partial charge in [0.25, 0.3) is 0 Å². The normalized spacial score (nSPS) is 11.1. The molecule has 0 saturated heterocycles. The molecule has 0 unspecified atom stereocenters. The van der Waals surface area contributed by atoms with Crippen LogP contribution in [0.25, 0.3) is 5.65 Å². The Morgan fingerprint density at radius 3 is 2.93 bits per heavy atom. The molecule has 74 valence electrons. The zero-order valence-electron chi connectivity index (χ0n) is 8.08. The maximum atomic E-state index is 5.98. The number of rotatable bonds is 1. The van der Waals surface area contributed by atoms with E-state index in [0.717, 1.165) is 27.8 Å². The van der Waals surface area contributed by atoms with Gasteiger partial charge in [0.15, 0.2) is 5.65 Å². The minimum Gasteiger partial charge on any atom is -0.383 e. The molecule has 2 aromatic rings. The van der Waals surface area contributed by atoms with Crippen molar-refractivity contribution in [2.75, 3.05) is 5.73 Å². The second kappa shape index (κ2) is 3.24. The second-order valence-electron chi connectivity index (χ2n) is 3.14. The molecule has 0 bridgehead atoms. The lowest BCUT2D eigenvalue weighted by Crippen LogP contribution is -2.07. The van der Waals surface area contributed by atoms with Crippen molar-refractivity contribution < 1.29 is 0 Å². The largest absolute Gasteiger partial charge is 0.383 e. The van der Waals surface area contributed by atoms with Crippen LogP contribution in [0.4, 0.5) is 5.82 Å². The van der Waals surface area contributed by atoms with Gasteiger partial charge in [-0.05, 0) is 29.3 Å². The van der Waals surface area contributed by atoms with Crippen molar-refractivity contribution in [3.8, 4) is 0 Å². The van der Waals surface area contributed by atoms with Gasteiger partial charge in [0.1, 0.15) is 5.82 Å². The van der Waals surface area contributed by atoms with Gasteiger partial charge in [-0.2, -0.15) is 9.61 Å². The van der Waals surface area contributed by atoms with Crippen LogP contribution >= 0.6 is 15.9 Å². The molecule has 0 aliphatic rings. The number of anilines is 1. The molecule has 0 fully saturated rings. The lowest BCUT2D eigenvalue weighted by atomic mass is 10.2. The Morgan fingerprint density at radius 2 is 2.29 bits per heavy atom. The fourth-order valence-corrected chi connectivity index (χ4v) is 1.92. The van der Waals surface area contributed by atoms with E-state index < -0.39 is 0 Å². The van der Waals surface area contributed by atoms with Crippen LogP contribution in [0.2, 0.25) is 0 Å². The number of fused-ring (bicyclic) bond motifs is 1. The molecule has 4 nitrogen and oxygen atoms in total. The van der Waals surface area contributed by atoms with Gasteiger partial charge in [-0.1, -0.05) is 6.92 Å². The molecule has 0 radical (unpaired) electrons. The van der Waals surface area contributed by atoms with E-state index in [2.05, 4.69) is 32.9 Å². The van der Waals surface area contributed by atoms with Gasteiger partial charge in [0.05, 0.1) is 10.7 Å². The van der Waals surface area contributed by atoms with Crippen molar-refractivity contribution in [3.05, 3.63) is 21.9 Å². The van der Waals surface area contributed by atoms with Crippen LogP contribution in [0, 0.1) is 6.92 Å². The van der Waals surface area contributed by atoms with E-state index in [1.807, 2.05) is 6.92 Å². The van der Waals surface area contributed by atoms with Gasteiger partial charge in [-0.15, -0.1) is 0 Å². The SMILES string of the molecule is CCc1c(C)nc2c(Br)cnn2c1N. The summed E-state index contributed by atoms with van der Waals surface area (Å²) in [7, 11) is 0. The van der Waals surface area contributed by atoms with Crippen LogP contribution in [0.1, 0.15) is 18.2 Å². The number of nitrogens with zero attached hydrogens (tertiary/aromatic N) is 3. The van der Waals surface area contributed by atoms with Crippen molar-refractivity contribution in [2.24, 2.45) is 0 Å². The van der Waals surface area contributed by atoms with Crippen molar-refractivity contribution in [1.29, 1.82) is 0 Å². The summed E-state index contributed by atoms with van der Waals surface area (Å²) in [5, 5.41) is 4.15. The maximum Gasteiger partial charge on any atom is 0.171 e. The molecule has 2 aromatic heterocycles. The van der Waals surface area contributed by atoms with Crippen LogP contribution < -0.4 is 5.73 Å². The van der Waals surface area contributed by atoms with Gasteiger partial charge in [0.2, 0.25) is 0 Å². The van der Waals surface area contributed by atoms with Crippen LogP contribution in [0.15, 0.2) is 10.7 Å². The topological polar surface area (TPSA) is 56.2 Å². The number of hydrogen-bond acceptors (Lipinski definition) is 3. The Morgan fingerprint density at radius 1 is 1.57 bits per heavy atom. The van der Waals surface area contributed by atoms with E-state index in [1.165, 1.54) is 0 Å². The summed E-state index contributed by atoms with van der Waals surface area (Å²) in [4.78, 5) is 4.44. The van der Waals surface area contributed by atoms with Crippen LogP contribution in [-0.4, -0.2) is 14.6 Å². The number of nitrogens with two attached hydrogens (primary N) is 1. The lowest BCUT2D eigenvalue weighted by Gasteiger charge is -2.08. The van der Waals surface area contributed by atoms with Crippen molar-refractivity contribution in [2.45, 2.75) is 20.3 Å². The first-order valence-corrected chi connectivity index (χ1v) is 5.22. The highest BCUT2D eigenvalue weighted by atomic mass is 79.9. The average molecular weight is 255 g/mol. The summed E-state index contributed by atoms with van der Waals surface area (Å²) in [5.74, 6) is 0.681. The molecule has 0 aliphatic carbocycles. The highest BCUT2D eigenvalue weighted by molar-refractivity contribution is 9.10. The Balaban J connectivity index is 2.87. The first-order valence-electron chi connectivity index (χ1n) is 4.43. The van der Waals surface area contributed by atoms with E-state index in [0.29, 0.717) is 5.82 Å². The molecule has 2 rings (SSSR count). The third kappa shape index (κ3) is 1.19. The summed E-state index contributed by atoms with van der Waals surface area (Å²) >= 11 is 3.38. The highest BCUT2D eigenvalue weighted by Gasteiger charge is 2.11. The molecule has 5 heteroatoms. The number of nitrogen functional groups attached to an aromatic ring is 1. The first-order chi connectivity index (χ1) is 6.65. The monoisotopic (exact) mass is 254 g/mol. The summed E-state index contributed by atoms with van der Waals surface area (Å²) in [6.45, 7) is 4.03. The average Bonchev–Trinajstić information content (AvgIpc) is 2.49. The Hall–Kier alpha value is -1.10. The highest BCUT2D eigenvalue weighted by Crippen LogP contribution is 2.22. The molecular weight excluding hydrogens is 244 g/mol. The smallest absolute Gasteiger partial charge is 0.171 e. The maximum absolute atomic E-state index is 5.98. The van der Waals surface area contributed by atoms with Gasteiger partial charge >= 0.3 is 0 Å². The molecule has 0 amide bonds. The Labute approximate surface area is 90.3 Å². The molecule has 0 aliphatic heterocycles. The number of aryl methyl sites for hydroxylation is 1. The molecule has 0 atom stereocenters. The van der Waals surface area contributed by atoms with E-state index in [4.69, 9.17) is 5.73 Å². The summed E-state index contributed by atoms with van der Waals surface area (Å²) in [5.41, 5.74) is 8.79. The standard InChI is InChI=1S/C9H11BrN4/c1-3-6-5(2)13-9-7(10)4-12-14(9)8(6)11/h4H,3,11H2,1-2H3. The summed E-state index contributed by atoms with van der Waals surface area (Å²) in [6.07, 6.45) is 2.58. The van der Waals surface area contributed by atoms with Crippen molar-refractivity contribution >= 4 is 27.4 Å². The zero-order valence-corrected chi connectivity index (χ0v) is 9.67. The van der Waals surface area contributed by atoms with Crippen LogP contribution in [0.3, 0.4) is 0 Å². The quantitative estimate of drug-likeness (QED) is 0.847. The molecule has 2 heterocycles. The predicted molar refractivity (Wildman–Crippen MR) is 59.2 cm³/mol. The third-order valence-corrected chi connectivity index (χ3v) is 2.86. The second-order valence-corrected chi connectivity index (χ2v) is 4.00. The number of aromatic nitrogens is 3. The van der Waals surface area contributed by atoms with Gasteiger partial charge in [-0.3, -0.25) is 0 Å². The van der Waals surface area contributed by atoms with Gasteiger partial charge in [0, 0.05) is 11.3 Å². The summed E-state index contributed by atoms with van der Waals surface area (Å²) in [6, 6.07) is 0. The van der Waals surface area contributed by atoms with Crippen LogP contribution in [-0.2, 0) is 6.42 Å². The van der Waals surface area contributed by atoms with Crippen molar-refractivity contribution in [1.82, 2.24) is 14.6 Å². The van der Waals surface area contributed by atoms with E-state index >= 15 is 0 Å². The molecular formula is C9H11BrN4. The number of halogens is 1. The molecule has 0 saturated carbocycles. The fraction of sp³-hybridized carbons (Fsp3) is 0.333. The van der Waals surface area contributed by atoms with Crippen LogP contribution in [0.5, 0.6) is 0 Å². The summed E-state index contributed by atoms with van der Waals surface area (Å²) < 4.78 is 2.53. The molecule has 14 heavy (non-hydrogen) atoms. The zero-order chi connectivity index (χ0) is 10.3. The minimum absolute atomic E-state index is 0.681. The van der Waals surface area contributed by atoms with E-state index in [9.17, 15) is 0 Å². The van der Waals surface area contributed by atoms with Crippen molar-refractivity contribution in [3.63, 3.8) is 0 Å². The lowest BCUT2D eigenvalue weighted by molar-refractivity contribution is 0.909. The van der Waals surface area contributed by atoms with E-state index in [1.54, 1.807) is 10.7 Å². The molecule has 0 spiro atoms. The fourth-order valence-electron chi connectivity index (χ4n) is 1.58. The minimum atomic E-state index is 0.681. The first kappa shape index (κ1) is 9.45.